The fraction of sp³-hybridized carbons (Fsp3) is 0.400. The zero-order valence-electron chi connectivity index (χ0n) is 14.3. The average molecular weight is 407 g/mol. The molecule has 3 rings (SSSR count). The Morgan fingerprint density at radius 1 is 1.04 bits per heavy atom. The number of halogens is 1. The lowest BCUT2D eigenvalue weighted by atomic mass is 10.1. The van der Waals surface area contributed by atoms with Gasteiger partial charge in [-0.05, 0) is 24.3 Å². The predicted octanol–water partition coefficient (Wildman–Crippen LogP) is 3.24. The van der Waals surface area contributed by atoms with Crippen LogP contribution in [0.2, 0.25) is 0 Å². The van der Waals surface area contributed by atoms with E-state index in [1.165, 1.54) is 5.56 Å². The molecule has 0 radical (unpaired) electrons. The Hall–Kier alpha value is -1.40. The monoisotopic (exact) mass is 406 g/mol. The first kappa shape index (κ1) is 18.4. The fourth-order valence-corrected chi connectivity index (χ4v) is 3.59. The van der Waals surface area contributed by atoms with Crippen molar-refractivity contribution in [2.75, 3.05) is 39.5 Å². The Morgan fingerprint density at radius 3 is 2.40 bits per heavy atom. The molecule has 1 N–H and O–H groups in total. The molecule has 5 heteroatoms. The number of ether oxygens (including phenoxy) is 2. The van der Waals surface area contributed by atoms with Crippen LogP contribution >= 0.6 is 15.9 Å². The minimum atomic E-state index is -0.509. The van der Waals surface area contributed by atoms with Gasteiger partial charge in [-0.3, -0.25) is 0 Å². The summed E-state index contributed by atoms with van der Waals surface area (Å²) in [6.45, 7) is 5.22. The lowest BCUT2D eigenvalue weighted by Gasteiger charge is -2.42. The molecule has 0 aromatic heterocycles. The second-order valence-electron chi connectivity index (χ2n) is 6.65. The van der Waals surface area contributed by atoms with Crippen LogP contribution in [-0.2, 0) is 11.3 Å². The van der Waals surface area contributed by atoms with Crippen LogP contribution in [0.3, 0.4) is 0 Å². The number of aliphatic hydroxyl groups excluding tert-OH is 1. The van der Waals surface area contributed by atoms with Gasteiger partial charge in [0.1, 0.15) is 44.6 Å². The van der Waals surface area contributed by atoms with Gasteiger partial charge in [0.15, 0.2) is 0 Å². The number of rotatable bonds is 7. The Kier molecular flexibility index (Phi) is 6.48. The van der Waals surface area contributed by atoms with Crippen LogP contribution in [0.4, 0.5) is 0 Å². The molecular formula is C20H25BrNO3+. The van der Waals surface area contributed by atoms with E-state index in [4.69, 9.17) is 9.47 Å². The molecule has 1 aliphatic rings. The number of morpholine rings is 1. The molecule has 1 heterocycles. The summed E-state index contributed by atoms with van der Waals surface area (Å²) < 4.78 is 13.2. The van der Waals surface area contributed by atoms with E-state index in [9.17, 15) is 5.11 Å². The van der Waals surface area contributed by atoms with Crippen molar-refractivity contribution >= 4 is 15.9 Å². The summed E-state index contributed by atoms with van der Waals surface area (Å²) in [6.07, 6.45) is -0.509. The molecule has 1 fully saturated rings. The first-order valence-electron chi connectivity index (χ1n) is 8.68. The molecule has 0 saturated carbocycles. The van der Waals surface area contributed by atoms with Gasteiger partial charge in [0, 0.05) is 10.0 Å². The van der Waals surface area contributed by atoms with Gasteiger partial charge >= 0.3 is 0 Å². The molecule has 1 aliphatic heterocycles. The van der Waals surface area contributed by atoms with E-state index in [2.05, 4.69) is 40.2 Å². The second kappa shape index (κ2) is 8.81. The number of nitrogens with zero attached hydrogens (tertiary/aromatic N) is 1. The molecule has 0 aliphatic carbocycles. The van der Waals surface area contributed by atoms with E-state index in [0.29, 0.717) is 13.2 Å². The summed E-state index contributed by atoms with van der Waals surface area (Å²) in [6, 6.07) is 18.2. The number of benzene rings is 2. The molecule has 2 aromatic carbocycles. The highest BCUT2D eigenvalue weighted by atomic mass is 79.9. The summed E-state index contributed by atoms with van der Waals surface area (Å²) >= 11 is 3.41. The first-order chi connectivity index (χ1) is 12.2. The maximum absolute atomic E-state index is 10.6. The smallest absolute Gasteiger partial charge is 0.137 e. The molecular weight excluding hydrogens is 382 g/mol. The molecule has 4 nitrogen and oxygen atoms in total. The summed E-state index contributed by atoms with van der Waals surface area (Å²) in [7, 11) is 0. The van der Waals surface area contributed by atoms with E-state index in [1.54, 1.807) is 0 Å². The zero-order valence-corrected chi connectivity index (χ0v) is 15.9. The van der Waals surface area contributed by atoms with Crippen molar-refractivity contribution in [2.24, 2.45) is 0 Å². The molecule has 134 valence electrons. The van der Waals surface area contributed by atoms with Crippen LogP contribution in [0.15, 0.2) is 59.1 Å². The van der Waals surface area contributed by atoms with Gasteiger partial charge in [-0.25, -0.2) is 0 Å². The highest BCUT2D eigenvalue weighted by molar-refractivity contribution is 9.10. The van der Waals surface area contributed by atoms with Crippen LogP contribution in [0, 0.1) is 0 Å². The number of aliphatic hydroxyl groups is 1. The van der Waals surface area contributed by atoms with Crippen LogP contribution < -0.4 is 4.74 Å². The van der Waals surface area contributed by atoms with Crippen LogP contribution in [0.25, 0.3) is 0 Å². The molecule has 1 saturated heterocycles. The third-order valence-corrected chi connectivity index (χ3v) is 5.16. The van der Waals surface area contributed by atoms with E-state index in [-0.39, 0.29) is 0 Å². The standard InChI is InChI=1S/C20H25BrNO3/c21-18-6-8-20(9-7-18)25-16-19(23)15-22(10-12-24-13-11-22)14-17-4-2-1-3-5-17/h1-9,19,23H,10-16H2/q+1. The van der Waals surface area contributed by atoms with Gasteiger partial charge in [0.2, 0.25) is 0 Å². The summed E-state index contributed by atoms with van der Waals surface area (Å²) in [5.74, 6) is 0.777. The Labute approximate surface area is 157 Å². The summed E-state index contributed by atoms with van der Waals surface area (Å²) in [4.78, 5) is 0. The lowest BCUT2D eigenvalue weighted by molar-refractivity contribution is -0.950. The highest BCUT2D eigenvalue weighted by Gasteiger charge is 2.33. The van der Waals surface area contributed by atoms with Gasteiger partial charge in [0.25, 0.3) is 0 Å². The normalized spacial score (nSPS) is 17.8. The van der Waals surface area contributed by atoms with E-state index < -0.39 is 6.10 Å². The predicted molar refractivity (Wildman–Crippen MR) is 101 cm³/mol. The van der Waals surface area contributed by atoms with Crippen molar-refractivity contribution in [1.82, 2.24) is 0 Å². The minimum Gasteiger partial charge on any atom is -0.491 e. The highest BCUT2D eigenvalue weighted by Crippen LogP contribution is 2.20. The lowest BCUT2D eigenvalue weighted by Crippen LogP contribution is -2.58. The van der Waals surface area contributed by atoms with Gasteiger partial charge in [0.05, 0.1) is 13.2 Å². The van der Waals surface area contributed by atoms with Gasteiger partial charge in [-0.1, -0.05) is 46.3 Å². The van der Waals surface area contributed by atoms with Crippen molar-refractivity contribution in [3.63, 3.8) is 0 Å². The van der Waals surface area contributed by atoms with E-state index in [1.807, 2.05) is 30.3 Å². The van der Waals surface area contributed by atoms with E-state index in [0.717, 1.165) is 47.6 Å². The molecule has 0 amide bonds. The van der Waals surface area contributed by atoms with Crippen molar-refractivity contribution in [1.29, 1.82) is 0 Å². The Balaban J connectivity index is 1.60. The molecule has 0 spiro atoms. The fourth-order valence-electron chi connectivity index (χ4n) is 3.33. The number of hydrogen-bond donors (Lipinski definition) is 1. The Bertz CT molecular complexity index is 642. The number of quaternary nitrogens is 1. The first-order valence-corrected chi connectivity index (χ1v) is 9.48. The van der Waals surface area contributed by atoms with Crippen LogP contribution in [0.5, 0.6) is 5.75 Å². The summed E-state index contributed by atoms with van der Waals surface area (Å²) in [5, 5.41) is 10.6. The third-order valence-electron chi connectivity index (χ3n) is 4.63. The van der Waals surface area contributed by atoms with Gasteiger partial charge < -0.3 is 19.1 Å². The SMILES string of the molecule is OC(COc1ccc(Br)cc1)C[N+]1(Cc2ccccc2)CCOCC1. The van der Waals surface area contributed by atoms with Gasteiger partial charge in [-0.2, -0.15) is 0 Å². The quantitative estimate of drug-likeness (QED) is 0.717. The minimum absolute atomic E-state index is 0.303. The second-order valence-corrected chi connectivity index (χ2v) is 7.56. The van der Waals surface area contributed by atoms with Crippen molar-refractivity contribution in [3.8, 4) is 5.75 Å². The van der Waals surface area contributed by atoms with E-state index >= 15 is 0 Å². The molecule has 0 bridgehead atoms. The third kappa shape index (κ3) is 5.54. The van der Waals surface area contributed by atoms with Gasteiger partial charge in [-0.15, -0.1) is 0 Å². The molecule has 25 heavy (non-hydrogen) atoms. The topological polar surface area (TPSA) is 38.7 Å². The molecule has 1 atom stereocenters. The molecule has 2 aromatic rings. The van der Waals surface area contributed by atoms with Crippen LogP contribution in [-0.4, -0.2) is 55.1 Å². The maximum Gasteiger partial charge on any atom is 0.137 e. The van der Waals surface area contributed by atoms with Crippen molar-refractivity contribution < 1.29 is 19.1 Å². The van der Waals surface area contributed by atoms with Crippen molar-refractivity contribution in [3.05, 3.63) is 64.6 Å². The number of hydrogen-bond acceptors (Lipinski definition) is 3. The van der Waals surface area contributed by atoms with Crippen molar-refractivity contribution in [2.45, 2.75) is 12.6 Å². The largest absolute Gasteiger partial charge is 0.491 e. The Morgan fingerprint density at radius 2 is 1.72 bits per heavy atom. The molecule has 1 unspecified atom stereocenters. The summed E-state index contributed by atoms with van der Waals surface area (Å²) in [5.41, 5.74) is 1.30. The zero-order chi connectivity index (χ0) is 17.5. The maximum atomic E-state index is 10.6. The average Bonchev–Trinajstić information content (AvgIpc) is 2.63. The van der Waals surface area contributed by atoms with Crippen LogP contribution in [0.1, 0.15) is 5.56 Å².